The zero-order chi connectivity index (χ0) is 97.0. The van der Waals surface area contributed by atoms with Crippen LogP contribution < -0.4 is 59.7 Å². The van der Waals surface area contributed by atoms with Crippen molar-refractivity contribution in [3.63, 3.8) is 0 Å². The lowest BCUT2D eigenvalue weighted by Crippen LogP contribution is -2.26. The van der Waals surface area contributed by atoms with Crippen LogP contribution in [0.1, 0.15) is 196 Å². The van der Waals surface area contributed by atoms with E-state index < -0.39 is 11.7 Å². The molecule has 3 unspecified atom stereocenters. The summed E-state index contributed by atoms with van der Waals surface area (Å²) in [5.74, 6) is 1.32. The first-order valence-electron chi connectivity index (χ1n) is 47.9. The number of hydrogen-bond acceptors (Lipinski definition) is 19. The van der Waals surface area contributed by atoms with Gasteiger partial charge in [0, 0.05) is 84.5 Å². The average molecular weight is 1890 g/mol. The lowest BCUT2D eigenvalue weighted by molar-refractivity contribution is 0.0716. The largest absolute Gasteiger partial charge is 0.366 e. The smallest absolute Gasteiger partial charge is 0.274 e. The van der Waals surface area contributed by atoms with Gasteiger partial charge in [-0.05, 0) is 294 Å². The van der Waals surface area contributed by atoms with Crippen molar-refractivity contribution in [1.29, 1.82) is 0 Å². The number of amides is 4. The number of ether oxygens (including phenoxy) is 1. The molecule has 0 aliphatic heterocycles. The van der Waals surface area contributed by atoms with Gasteiger partial charge in [-0.3, -0.25) is 24.2 Å². The molecule has 4 fully saturated rings. The minimum absolute atomic E-state index is 0.0413. The predicted octanol–water partition coefficient (Wildman–Crippen LogP) is 20.2. The number of aryl methyl sites for hydroxylation is 4. The molecule has 0 radical (unpaired) electrons. The first-order chi connectivity index (χ1) is 68.3. The van der Waals surface area contributed by atoms with Crippen LogP contribution in [0.5, 0.6) is 0 Å². The third kappa shape index (κ3) is 25.6. The second-order valence-electron chi connectivity index (χ2n) is 36.1. The van der Waals surface area contributed by atoms with Crippen LogP contribution in [0.2, 0.25) is 0 Å². The number of rotatable bonds is 36. The third-order valence-corrected chi connectivity index (χ3v) is 25.7. The van der Waals surface area contributed by atoms with Crippen LogP contribution in [0.15, 0.2) is 309 Å². The van der Waals surface area contributed by atoms with E-state index in [1.54, 1.807) is 78.7 Å². The third-order valence-electron chi connectivity index (χ3n) is 24.9. The van der Waals surface area contributed by atoms with E-state index in [1.165, 1.54) is 57.8 Å². The molecule has 3 atom stereocenters. The van der Waals surface area contributed by atoms with Crippen LogP contribution in [-0.4, -0.2) is 99.0 Å². The molecule has 714 valence electrons. The maximum Gasteiger partial charge on any atom is 0.274 e. The maximum absolute atomic E-state index is 15.9. The highest BCUT2D eigenvalue weighted by Gasteiger charge is 2.32. The summed E-state index contributed by atoms with van der Waals surface area (Å²) in [6.45, 7) is 12.6. The maximum atomic E-state index is 15.9. The molecular weight excluding hydrogens is 1770 g/mol. The van der Waals surface area contributed by atoms with Crippen LogP contribution in [-0.2, 0) is 30.9 Å². The molecule has 0 saturated heterocycles. The van der Waals surface area contributed by atoms with Gasteiger partial charge in [-0.25, -0.2) is 28.1 Å². The number of aromatic nitrogens is 10. The molecule has 28 heteroatoms. The molecule has 4 saturated carbocycles. The highest BCUT2D eigenvalue weighted by Crippen LogP contribution is 2.40. The van der Waals surface area contributed by atoms with E-state index in [1.807, 2.05) is 252 Å². The molecular formula is C112H118FN21O5S. The molecule has 14 N–H and O–H groups in total. The standard InChI is InChI=1S/C29H30FN5O.C29H31N5O.C28H30N6O.C26H27N5O2S/c1-19-15-26(35(34-19)23-10-5-7-21(16-23)17-31)29(36)33-25-12-6-11-24(27(25)30)28(32-18-20-13-14-20)22-8-3-2-4-9-22;1-21-17-28(34(32-21)27-12-5-7-23(18-27)20-30)29(35)31-24-8-6-11-26(19-24)33(16-15-22-13-14-22)25-9-3-2-4-10-25;1-19-14-26(34(33-19)24-9-4-6-21(15-24)17-29)28(35)32-23-8-5-7-22(16-23)27(31-18-20-11-12-20)25-10-2-3-13-30-25;1-17-12-23(31(30-17)22-7-2-4-19(13-22)15-27)25(32)29-21-6-3-5-20(14-21)24(26-28-10-11-34-26)33-16-18-8-9-18/h2-12,15-16,20,28,32H,13-14,17-18,31H2,1H3,(H,33,36);2-12,17-19,22H,13-16,20,30H2,1H3,(H,31,35);2-10,13-16,20,27,31H,11-12,17-18,29H2,1H3,(H,32,35);2-7,10-14,18,24H,8-9,15-16,27H2,1H3,(H,29,32). The van der Waals surface area contributed by atoms with Gasteiger partial charge in [-0.1, -0.05) is 158 Å². The van der Waals surface area contributed by atoms with E-state index in [4.69, 9.17) is 27.7 Å². The zero-order valence-corrected chi connectivity index (χ0v) is 79.9. The summed E-state index contributed by atoms with van der Waals surface area (Å²) in [5, 5.41) is 40.2. The fraction of sp³-hybridized carbons (Fsp3) is 0.250. The highest BCUT2D eigenvalue weighted by molar-refractivity contribution is 7.09. The molecule has 4 aliphatic rings. The van der Waals surface area contributed by atoms with E-state index in [0.29, 0.717) is 77.7 Å². The summed E-state index contributed by atoms with van der Waals surface area (Å²) in [4.78, 5) is 64.7. The van der Waals surface area contributed by atoms with Crippen molar-refractivity contribution in [1.82, 2.24) is 59.7 Å². The Hall–Kier alpha value is -14.9. The van der Waals surface area contributed by atoms with Crippen LogP contribution in [0.25, 0.3) is 22.7 Å². The number of hydrogen-bond donors (Lipinski definition) is 10. The van der Waals surface area contributed by atoms with Gasteiger partial charge in [0.2, 0.25) is 0 Å². The fourth-order valence-corrected chi connectivity index (χ4v) is 17.5. The Labute approximate surface area is 819 Å². The lowest BCUT2D eigenvalue weighted by atomic mass is 9.97. The summed E-state index contributed by atoms with van der Waals surface area (Å²) in [5.41, 5.74) is 43.9. The van der Waals surface area contributed by atoms with Gasteiger partial charge in [0.15, 0.2) is 5.82 Å². The second-order valence-corrected chi connectivity index (χ2v) is 37.1. The number of para-hydroxylation sites is 1. The Morgan fingerprint density at radius 1 is 0.400 bits per heavy atom. The van der Waals surface area contributed by atoms with E-state index in [9.17, 15) is 19.2 Å². The number of nitrogens with two attached hydrogens (primary N) is 4. The Bertz CT molecular complexity index is 6700. The molecule has 0 bridgehead atoms. The van der Waals surface area contributed by atoms with E-state index in [-0.39, 0.29) is 41.6 Å². The second kappa shape index (κ2) is 46.1. The van der Waals surface area contributed by atoms with E-state index in [0.717, 1.165) is 150 Å². The summed E-state index contributed by atoms with van der Waals surface area (Å²) in [6, 6.07) is 92.7. The SMILES string of the molecule is Cc1cc(C(=O)Nc2cccc(C(NCC3CC3)c3ccccc3)c2F)n(-c2cccc(CN)c2)n1.Cc1cc(C(=O)Nc2cccc(C(NCC3CC3)c3ccccn3)c2)n(-c2cccc(CN)c2)n1.Cc1cc(C(=O)Nc2cccc(C(OCC3CC3)c3nccs3)c2)n(-c2cccc(CN)c2)n1.Cc1cc(C(=O)Nc2cccc(N(CCC3CC3)c3ccccc3)c2)n(-c2cccc(CN)c2)n1. The zero-order valence-electron chi connectivity index (χ0n) is 79.1. The predicted molar refractivity (Wildman–Crippen MR) is 552 cm³/mol. The van der Waals surface area contributed by atoms with Crippen LogP contribution in [0.4, 0.5) is 38.5 Å². The molecule has 4 aliphatic carbocycles. The van der Waals surface area contributed by atoms with Crippen molar-refractivity contribution < 1.29 is 28.3 Å². The summed E-state index contributed by atoms with van der Waals surface area (Å²) >= 11 is 1.58. The number of thiazole rings is 1. The Morgan fingerprint density at radius 2 is 0.807 bits per heavy atom. The van der Waals surface area contributed by atoms with Gasteiger partial charge in [0.1, 0.15) is 33.9 Å². The first kappa shape index (κ1) is 96.8. The molecule has 4 amide bonds. The minimum atomic E-state index is -0.448. The van der Waals surface area contributed by atoms with Crippen molar-refractivity contribution in [3.05, 3.63) is 416 Å². The van der Waals surface area contributed by atoms with Gasteiger partial charge in [-0.15, -0.1) is 11.3 Å². The molecule has 140 heavy (non-hydrogen) atoms. The van der Waals surface area contributed by atoms with Crippen molar-refractivity contribution in [2.24, 2.45) is 46.6 Å². The number of carbonyl (C=O) groups excluding carboxylic acids is 4. The molecule has 26 nitrogen and oxygen atoms in total. The number of halogens is 1. The fourth-order valence-electron chi connectivity index (χ4n) is 16.8. The molecule has 10 aromatic carbocycles. The van der Waals surface area contributed by atoms with Crippen molar-refractivity contribution >= 4 is 69.1 Å². The quantitative estimate of drug-likeness (QED) is 0.0174. The summed E-state index contributed by atoms with van der Waals surface area (Å²) < 4.78 is 28.7. The van der Waals surface area contributed by atoms with E-state index >= 15 is 4.39 Å². The van der Waals surface area contributed by atoms with Crippen molar-refractivity contribution in [2.45, 2.75) is 130 Å². The van der Waals surface area contributed by atoms with Gasteiger partial charge in [-0.2, -0.15) is 20.4 Å². The lowest BCUT2D eigenvalue weighted by Gasteiger charge is -2.25. The van der Waals surface area contributed by atoms with Gasteiger partial charge in [0.05, 0.1) is 75.6 Å². The van der Waals surface area contributed by atoms with Crippen molar-refractivity contribution in [2.75, 3.05) is 52.4 Å². The molecule has 0 spiro atoms. The first-order valence-corrected chi connectivity index (χ1v) is 48.8. The van der Waals surface area contributed by atoms with Gasteiger partial charge in [0.25, 0.3) is 23.6 Å². The Balaban J connectivity index is 0.000000129. The van der Waals surface area contributed by atoms with Crippen LogP contribution in [0.3, 0.4) is 0 Å². The number of pyridine rings is 1. The highest BCUT2D eigenvalue weighted by atomic mass is 32.1. The van der Waals surface area contributed by atoms with Crippen molar-refractivity contribution in [3.8, 4) is 22.7 Å². The Kier molecular flexibility index (Phi) is 31.9. The van der Waals surface area contributed by atoms with Gasteiger partial charge < -0.3 is 64.5 Å². The summed E-state index contributed by atoms with van der Waals surface area (Å²) in [6.07, 6.45) is 14.6. The number of benzene rings is 10. The van der Waals surface area contributed by atoms with Gasteiger partial charge >= 0.3 is 0 Å². The number of carbonyl (C=O) groups is 4. The average Bonchev–Trinajstić information content (AvgIpc) is 1.23. The molecule has 20 rings (SSSR count). The van der Waals surface area contributed by atoms with Crippen LogP contribution in [0, 0.1) is 57.2 Å². The minimum Gasteiger partial charge on any atom is -0.366 e. The topological polar surface area (TPSA) is 354 Å². The molecule has 16 aromatic rings. The van der Waals surface area contributed by atoms with E-state index in [2.05, 4.69) is 104 Å². The monoisotopic (exact) mass is 1890 g/mol. The Morgan fingerprint density at radius 3 is 1.26 bits per heavy atom. The molecule has 6 aromatic heterocycles. The number of nitrogens with zero attached hydrogens (tertiary/aromatic N) is 11. The number of nitrogens with one attached hydrogen (secondary N) is 6. The van der Waals surface area contributed by atoms with Crippen LogP contribution >= 0.6 is 11.3 Å². The molecule has 6 heterocycles. The summed E-state index contributed by atoms with van der Waals surface area (Å²) in [7, 11) is 0. The number of anilines is 6. The normalized spacial score (nSPS) is 13.8.